The largest absolute Gasteiger partial charge is 0.290 e. The van der Waals surface area contributed by atoms with E-state index >= 15 is 0 Å². The normalized spacial score (nSPS) is 22.5. The third-order valence-electron chi connectivity index (χ3n) is 5.23. The number of carbonyl (C=O) groups excluding carboxylic acids is 1. The van der Waals surface area contributed by atoms with E-state index in [1.807, 2.05) is 6.08 Å². The molecule has 0 saturated carbocycles. The Morgan fingerprint density at radius 1 is 0.909 bits per heavy atom. The van der Waals surface area contributed by atoms with Crippen LogP contribution in [0.1, 0.15) is 6.42 Å². The van der Waals surface area contributed by atoms with Crippen LogP contribution in [-0.2, 0) is 4.79 Å². The first-order valence-electron chi connectivity index (χ1n) is 7.80. The van der Waals surface area contributed by atoms with Gasteiger partial charge in [-0.05, 0) is 34.5 Å². The number of fused-ring (bicyclic) bond motifs is 1. The molecule has 2 aliphatic rings. The van der Waals surface area contributed by atoms with Crippen LogP contribution in [0.4, 0.5) is 0 Å². The highest BCUT2D eigenvalue weighted by molar-refractivity contribution is 7.08. The van der Waals surface area contributed by atoms with E-state index in [0.717, 1.165) is 12.0 Å². The van der Waals surface area contributed by atoms with E-state index in [9.17, 15) is 4.79 Å². The maximum absolute atomic E-state index is 12.2. The number of rotatable bonds is 2. The maximum Gasteiger partial charge on any atom is 0.181 e. The van der Waals surface area contributed by atoms with E-state index < -0.39 is 8.07 Å². The van der Waals surface area contributed by atoms with Crippen LogP contribution in [0.2, 0.25) is 6.04 Å². The van der Waals surface area contributed by atoms with Gasteiger partial charge in [-0.1, -0.05) is 72.4 Å². The number of hydrogen-bond donors (Lipinski definition) is 0. The summed E-state index contributed by atoms with van der Waals surface area (Å²) in [6.07, 6.45) is 2.97. The molecule has 0 aromatic heterocycles. The Kier molecular flexibility index (Phi) is 3.01. The zero-order valence-electron chi connectivity index (χ0n) is 12.5. The Morgan fingerprint density at radius 3 is 2.00 bits per heavy atom. The Hall–Kier alpha value is -2.19. The third kappa shape index (κ3) is 1.74. The molecule has 0 N–H and O–H groups in total. The topological polar surface area (TPSA) is 17.1 Å². The van der Waals surface area contributed by atoms with Crippen molar-refractivity contribution >= 4 is 24.2 Å². The Morgan fingerprint density at radius 2 is 1.45 bits per heavy atom. The average molecular weight is 302 g/mol. The molecule has 1 aliphatic carbocycles. The van der Waals surface area contributed by atoms with Crippen molar-refractivity contribution in [2.24, 2.45) is 5.92 Å². The van der Waals surface area contributed by atoms with Crippen molar-refractivity contribution in [3.05, 3.63) is 84.1 Å². The van der Waals surface area contributed by atoms with Gasteiger partial charge in [0.1, 0.15) is 8.07 Å². The molecule has 1 aliphatic heterocycles. The molecule has 1 saturated heterocycles. The SMILES string of the molecule is C=C1C(=O)C=C2C1CC[Si]2(c1ccccc1)c1ccccc1. The molecule has 1 heterocycles. The van der Waals surface area contributed by atoms with Gasteiger partial charge in [0.15, 0.2) is 5.78 Å². The summed E-state index contributed by atoms with van der Waals surface area (Å²) in [5, 5.41) is 4.20. The first-order valence-corrected chi connectivity index (χ1v) is 10.0. The summed E-state index contributed by atoms with van der Waals surface area (Å²) < 4.78 is 0. The molecule has 4 rings (SSSR count). The first kappa shape index (κ1) is 13.5. The fourth-order valence-electron chi connectivity index (χ4n) is 4.18. The van der Waals surface area contributed by atoms with Crippen molar-refractivity contribution in [1.29, 1.82) is 0 Å². The van der Waals surface area contributed by atoms with E-state index in [4.69, 9.17) is 0 Å². The number of allylic oxidation sites excluding steroid dienone is 3. The predicted octanol–water partition coefficient (Wildman–Crippen LogP) is 2.87. The quantitative estimate of drug-likeness (QED) is 0.616. The molecule has 0 spiro atoms. The Balaban J connectivity index is 1.98. The fourth-order valence-corrected chi connectivity index (χ4v) is 9.59. The lowest BCUT2D eigenvalue weighted by molar-refractivity contribution is -0.111. The fraction of sp³-hybridized carbons (Fsp3) is 0.150. The lowest BCUT2D eigenvalue weighted by atomic mass is 10.0. The van der Waals surface area contributed by atoms with Gasteiger partial charge in [0.25, 0.3) is 0 Å². The van der Waals surface area contributed by atoms with E-state index in [-0.39, 0.29) is 11.7 Å². The van der Waals surface area contributed by atoms with Gasteiger partial charge in [0.05, 0.1) is 0 Å². The standard InChI is InChI=1S/C20H18OSi/c1-15-18-12-13-22(20(18)14-19(15)21,16-8-4-2-5-9-16)17-10-6-3-7-11-17/h2-11,14,18H,1,12-13H2. The van der Waals surface area contributed by atoms with E-state index in [2.05, 4.69) is 67.2 Å². The average Bonchev–Trinajstić information content (AvgIpc) is 3.08. The minimum atomic E-state index is -2.02. The van der Waals surface area contributed by atoms with Crippen molar-refractivity contribution in [3.8, 4) is 0 Å². The van der Waals surface area contributed by atoms with Gasteiger partial charge in [-0.15, -0.1) is 0 Å². The first-order chi connectivity index (χ1) is 10.7. The summed E-state index contributed by atoms with van der Waals surface area (Å²) in [4.78, 5) is 12.2. The van der Waals surface area contributed by atoms with Gasteiger partial charge >= 0.3 is 0 Å². The molecular weight excluding hydrogens is 284 g/mol. The lowest BCUT2D eigenvalue weighted by Crippen LogP contribution is -2.58. The molecule has 108 valence electrons. The van der Waals surface area contributed by atoms with Crippen molar-refractivity contribution in [3.63, 3.8) is 0 Å². The summed E-state index contributed by atoms with van der Waals surface area (Å²) in [6.45, 7) is 4.05. The highest BCUT2D eigenvalue weighted by atomic mass is 28.3. The van der Waals surface area contributed by atoms with Crippen LogP contribution < -0.4 is 10.4 Å². The van der Waals surface area contributed by atoms with Gasteiger partial charge in [0, 0.05) is 5.92 Å². The summed E-state index contributed by atoms with van der Waals surface area (Å²) in [5.74, 6) is 0.419. The molecule has 1 atom stereocenters. The van der Waals surface area contributed by atoms with Crippen LogP contribution in [0.25, 0.3) is 0 Å². The second-order valence-electron chi connectivity index (χ2n) is 6.22. The molecular formula is C20H18OSi. The van der Waals surface area contributed by atoms with Crippen LogP contribution >= 0.6 is 0 Å². The Labute approximate surface area is 132 Å². The molecule has 2 aromatic carbocycles. The van der Waals surface area contributed by atoms with Gasteiger partial charge in [-0.2, -0.15) is 0 Å². The van der Waals surface area contributed by atoms with Crippen LogP contribution in [-0.4, -0.2) is 13.9 Å². The summed E-state index contributed by atoms with van der Waals surface area (Å²) in [6, 6.07) is 22.7. The smallest absolute Gasteiger partial charge is 0.181 e. The number of benzene rings is 2. The highest BCUT2D eigenvalue weighted by Crippen LogP contribution is 2.45. The highest BCUT2D eigenvalue weighted by Gasteiger charge is 2.52. The van der Waals surface area contributed by atoms with Crippen LogP contribution in [0.3, 0.4) is 0 Å². The summed E-state index contributed by atoms with van der Waals surface area (Å²) >= 11 is 0. The van der Waals surface area contributed by atoms with Crippen molar-refractivity contribution in [1.82, 2.24) is 0 Å². The number of carbonyl (C=O) groups is 1. The van der Waals surface area contributed by atoms with Crippen LogP contribution in [0, 0.1) is 5.92 Å². The van der Waals surface area contributed by atoms with Gasteiger partial charge in [-0.25, -0.2) is 0 Å². The van der Waals surface area contributed by atoms with E-state index in [1.165, 1.54) is 21.6 Å². The monoisotopic (exact) mass is 302 g/mol. The second-order valence-corrected chi connectivity index (χ2v) is 10.3. The van der Waals surface area contributed by atoms with Crippen molar-refractivity contribution < 1.29 is 4.79 Å². The molecule has 2 heteroatoms. The molecule has 1 nitrogen and oxygen atoms in total. The summed E-state index contributed by atoms with van der Waals surface area (Å²) in [5.41, 5.74) is 0.802. The molecule has 0 radical (unpaired) electrons. The van der Waals surface area contributed by atoms with Crippen molar-refractivity contribution in [2.45, 2.75) is 12.5 Å². The van der Waals surface area contributed by atoms with E-state index in [0.29, 0.717) is 0 Å². The molecule has 0 amide bonds. The predicted molar refractivity (Wildman–Crippen MR) is 93.1 cm³/mol. The molecule has 1 fully saturated rings. The van der Waals surface area contributed by atoms with Crippen molar-refractivity contribution in [2.75, 3.05) is 0 Å². The van der Waals surface area contributed by atoms with Crippen LogP contribution in [0.5, 0.6) is 0 Å². The van der Waals surface area contributed by atoms with Gasteiger partial charge in [0.2, 0.25) is 0 Å². The number of ketones is 1. The van der Waals surface area contributed by atoms with E-state index in [1.54, 1.807) is 0 Å². The lowest BCUT2D eigenvalue weighted by Gasteiger charge is -2.30. The number of hydrogen-bond acceptors (Lipinski definition) is 1. The molecule has 22 heavy (non-hydrogen) atoms. The molecule has 1 unspecified atom stereocenters. The minimum absolute atomic E-state index is 0.142. The zero-order chi connectivity index (χ0) is 15.2. The molecule has 2 aromatic rings. The van der Waals surface area contributed by atoms with Gasteiger partial charge < -0.3 is 0 Å². The van der Waals surface area contributed by atoms with Gasteiger partial charge in [-0.3, -0.25) is 4.79 Å². The maximum atomic E-state index is 12.2. The second kappa shape index (κ2) is 4.92. The van der Waals surface area contributed by atoms with Crippen LogP contribution in [0.15, 0.2) is 84.1 Å². The Bertz CT molecular complexity index is 734. The zero-order valence-corrected chi connectivity index (χ0v) is 13.5. The third-order valence-corrected chi connectivity index (χ3v) is 10.4. The minimum Gasteiger partial charge on any atom is -0.290 e. The molecule has 0 bridgehead atoms. The summed E-state index contributed by atoms with van der Waals surface area (Å²) in [7, 11) is -2.02.